The van der Waals surface area contributed by atoms with E-state index < -0.39 is 0 Å². The number of hydrogen-bond acceptors (Lipinski definition) is 4. The lowest BCUT2D eigenvalue weighted by atomic mass is 10.0. The molecule has 82 valence electrons. The van der Waals surface area contributed by atoms with E-state index in [4.69, 9.17) is 23.2 Å². The molecule has 0 radical (unpaired) electrons. The van der Waals surface area contributed by atoms with Gasteiger partial charge in [0.25, 0.3) is 0 Å². The smallest absolute Gasteiger partial charge is 0.231 e. The van der Waals surface area contributed by atoms with E-state index in [0.717, 1.165) is 19.4 Å². The highest BCUT2D eigenvalue weighted by atomic mass is 35.5. The summed E-state index contributed by atoms with van der Waals surface area (Å²) in [5.41, 5.74) is 0.0635. The van der Waals surface area contributed by atoms with Crippen molar-refractivity contribution in [3.05, 3.63) is 10.6 Å². The van der Waals surface area contributed by atoms with Crippen LogP contribution in [-0.2, 0) is 0 Å². The predicted molar refractivity (Wildman–Crippen MR) is 60.5 cm³/mol. The van der Waals surface area contributed by atoms with Crippen LogP contribution in [0.4, 0.5) is 5.95 Å². The van der Waals surface area contributed by atoms with Crippen molar-refractivity contribution in [1.29, 1.82) is 0 Å². The Bertz CT molecular complexity index is 360. The van der Waals surface area contributed by atoms with Crippen molar-refractivity contribution in [1.82, 2.24) is 15.0 Å². The van der Waals surface area contributed by atoms with Crippen LogP contribution >= 0.6 is 23.2 Å². The maximum Gasteiger partial charge on any atom is 0.231 e. The number of nitrogens with zero attached hydrogens (tertiary/aromatic N) is 4. The second-order valence-corrected chi connectivity index (χ2v) is 4.92. The maximum atomic E-state index is 5.75. The van der Waals surface area contributed by atoms with Gasteiger partial charge in [-0.1, -0.05) is 0 Å². The molecule has 1 aliphatic rings. The van der Waals surface area contributed by atoms with Crippen LogP contribution < -0.4 is 4.90 Å². The molecule has 0 atom stereocenters. The molecule has 2 rings (SSSR count). The van der Waals surface area contributed by atoms with E-state index in [1.807, 2.05) is 0 Å². The van der Waals surface area contributed by atoms with E-state index in [2.05, 4.69) is 33.7 Å². The fourth-order valence-corrected chi connectivity index (χ4v) is 2.27. The Hall–Kier alpha value is -0.610. The van der Waals surface area contributed by atoms with Gasteiger partial charge in [0.2, 0.25) is 16.5 Å². The van der Waals surface area contributed by atoms with Gasteiger partial charge in [-0.15, -0.1) is 0 Å². The van der Waals surface area contributed by atoms with Crippen molar-refractivity contribution >= 4 is 29.2 Å². The van der Waals surface area contributed by atoms with Crippen molar-refractivity contribution in [2.75, 3.05) is 11.4 Å². The first-order chi connectivity index (χ1) is 6.99. The average Bonchev–Trinajstić information content (AvgIpc) is 2.43. The number of hydrogen-bond donors (Lipinski definition) is 0. The number of aromatic nitrogens is 3. The molecule has 2 heterocycles. The molecule has 0 spiro atoms. The summed E-state index contributed by atoms with van der Waals surface area (Å²) in [7, 11) is 0. The highest BCUT2D eigenvalue weighted by molar-refractivity contribution is 6.31. The van der Waals surface area contributed by atoms with Gasteiger partial charge in [-0.2, -0.15) is 15.0 Å². The van der Waals surface area contributed by atoms with E-state index in [0.29, 0.717) is 5.95 Å². The topological polar surface area (TPSA) is 41.9 Å². The van der Waals surface area contributed by atoms with Crippen molar-refractivity contribution in [3.63, 3.8) is 0 Å². The SMILES string of the molecule is CC1(C)CCCN1c1nc(Cl)nc(Cl)n1. The minimum absolute atomic E-state index is 0.0635. The standard InChI is InChI=1S/C9H12Cl2N4/c1-9(2)4-3-5-15(9)8-13-6(10)12-7(11)14-8/h3-5H2,1-2H3. The second kappa shape index (κ2) is 3.76. The van der Waals surface area contributed by atoms with Crippen molar-refractivity contribution in [3.8, 4) is 0 Å². The summed E-state index contributed by atoms with van der Waals surface area (Å²) < 4.78 is 0. The minimum Gasteiger partial charge on any atom is -0.336 e. The molecule has 1 aromatic rings. The van der Waals surface area contributed by atoms with Gasteiger partial charge in [0.1, 0.15) is 0 Å². The quantitative estimate of drug-likeness (QED) is 0.764. The lowest BCUT2D eigenvalue weighted by molar-refractivity contribution is 0.509. The molecule has 0 unspecified atom stereocenters. The third kappa shape index (κ3) is 2.16. The number of anilines is 1. The second-order valence-electron chi connectivity index (χ2n) is 4.24. The van der Waals surface area contributed by atoms with Gasteiger partial charge in [-0.05, 0) is 49.9 Å². The zero-order valence-corrected chi connectivity index (χ0v) is 10.2. The Balaban J connectivity index is 2.37. The highest BCUT2D eigenvalue weighted by Crippen LogP contribution is 2.31. The first kappa shape index (κ1) is 10.9. The molecule has 0 N–H and O–H groups in total. The molecule has 0 bridgehead atoms. The minimum atomic E-state index is 0.0635. The van der Waals surface area contributed by atoms with Gasteiger partial charge < -0.3 is 4.90 Å². The summed E-state index contributed by atoms with van der Waals surface area (Å²) in [4.78, 5) is 14.0. The van der Waals surface area contributed by atoms with Crippen LogP contribution in [-0.4, -0.2) is 27.0 Å². The summed E-state index contributed by atoms with van der Waals surface area (Å²) >= 11 is 11.5. The molecule has 15 heavy (non-hydrogen) atoms. The third-order valence-corrected chi connectivity index (χ3v) is 3.05. The summed E-state index contributed by atoms with van der Waals surface area (Å²) in [6.07, 6.45) is 2.25. The molecule has 0 amide bonds. The first-order valence-electron chi connectivity index (χ1n) is 4.84. The van der Waals surface area contributed by atoms with Crippen LogP contribution in [0, 0.1) is 0 Å². The molecule has 0 aromatic carbocycles. The summed E-state index contributed by atoms with van der Waals surface area (Å²) in [6.45, 7) is 5.25. The van der Waals surface area contributed by atoms with Crippen LogP contribution in [0.15, 0.2) is 0 Å². The highest BCUT2D eigenvalue weighted by Gasteiger charge is 2.34. The molecular formula is C9H12Cl2N4. The zero-order valence-electron chi connectivity index (χ0n) is 8.67. The van der Waals surface area contributed by atoms with E-state index in [1.165, 1.54) is 0 Å². The van der Waals surface area contributed by atoms with Crippen molar-refractivity contribution in [2.45, 2.75) is 32.2 Å². The van der Waals surface area contributed by atoms with Gasteiger partial charge in [0.15, 0.2) is 0 Å². The van der Waals surface area contributed by atoms with Gasteiger partial charge in [-0.3, -0.25) is 0 Å². The lowest BCUT2D eigenvalue weighted by Crippen LogP contribution is -2.39. The van der Waals surface area contributed by atoms with Crippen LogP contribution in [0.25, 0.3) is 0 Å². The Kier molecular flexibility index (Phi) is 2.73. The van der Waals surface area contributed by atoms with E-state index in [1.54, 1.807) is 0 Å². The third-order valence-electron chi connectivity index (χ3n) is 2.71. The van der Waals surface area contributed by atoms with Crippen molar-refractivity contribution in [2.24, 2.45) is 0 Å². The maximum absolute atomic E-state index is 5.75. The fraction of sp³-hybridized carbons (Fsp3) is 0.667. The van der Waals surface area contributed by atoms with Gasteiger partial charge in [-0.25, -0.2) is 0 Å². The molecule has 1 saturated heterocycles. The Morgan fingerprint density at radius 2 is 1.73 bits per heavy atom. The fourth-order valence-electron chi connectivity index (χ4n) is 1.91. The normalized spacial score (nSPS) is 19.6. The molecule has 0 saturated carbocycles. The Morgan fingerprint density at radius 3 is 2.20 bits per heavy atom. The van der Waals surface area contributed by atoms with Gasteiger partial charge in [0, 0.05) is 12.1 Å². The zero-order chi connectivity index (χ0) is 11.1. The summed E-state index contributed by atoms with van der Waals surface area (Å²) in [5.74, 6) is 0.572. The molecule has 4 nitrogen and oxygen atoms in total. The van der Waals surface area contributed by atoms with Gasteiger partial charge in [0.05, 0.1) is 0 Å². The number of halogens is 2. The van der Waals surface area contributed by atoms with Crippen LogP contribution in [0.3, 0.4) is 0 Å². The lowest BCUT2D eigenvalue weighted by Gasteiger charge is -2.31. The largest absolute Gasteiger partial charge is 0.336 e. The first-order valence-corrected chi connectivity index (χ1v) is 5.59. The van der Waals surface area contributed by atoms with Crippen LogP contribution in [0.2, 0.25) is 10.6 Å². The van der Waals surface area contributed by atoms with E-state index in [-0.39, 0.29) is 16.1 Å². The molecule has 1 fully saturated rings. The molecule has 1 aromatic heterocycles. The number of rotatable bonds is 1. The summed E-state index contributed by atoms with van der Waals surface area (Å²) in [6, 6.07) is 0. The van der Waals surface area contributed by atoms with Crippen LogP contribution in [0.5, 0.6) is 0 Å². The Labute approximate surface area is 98.6 Å². The van der Waals surface area contributed by atoms with E-state index in [9.17, 15) is 0 Å². The molecule has 1 aliphatic heterocycles. The Morgan fingerprint density at radius 1 is 1.13 bits per heavy atom. The monoisotopic (exact) mass is 246 g/mol. The molecule has 0 aliphatic carbocycles. The summed E-state index contributed by atoms with van der Waals surface area (Å²) in [5, 5.41) is 0.292. The molecular weight excluding hydrogens is 235 g/mol. The predicted octanol–water partition coefficient (Wildman–Crippen LogP) is 2.56. The molecule has 6 heteroatoms. The van der Waals surface area contributed by atoms with Crippen LogP contribution in [0.1, 0.15) is 26.7 Å². The van der Waals surface area contributed by atoms with Gasteiger partial charge >= 0.3 is 0 Å². The van der Waals surface area contributed by atoms with Crippen molar-refractivity contribution < 1.29 is 0 Å². The average molecular weight is 247 g/mol. The van der Waals surface area contributed by atoms with E-state index >= 15 is 0 Å².